The number of rotatable bonds is 0. The number of hydrogen-bond acceptors (Lipinski definition) is 2. The number of halogens is 1. The van der Waals surface area contributed by atoms with Crippen molar-refractivity contribution < 1.29 is 4.39 Å². The Bertz CT molecular complexity index is 260. The zero-order valence-electron chi connectivity index (χ0n) is 5.39. The Hall–Kier alpha value is -1.12. The molecule has 10 heavy (non-hydrogen) atoms. The second-order valence-corrected chi connectivity index (χ2v) is 2.31. The molecule has 1 aromatic heterocycles. The minimum Gasteiger partial charge on any atom is -0.383 e. The van der Waals surface area contributed by atoms with Crippen LogP contribution in [0.3, 0.4) is 0 Å². The Morgan fingerprint density at radius 1 is 1.50 bits per heavy atom. The molecule has 0 saturated carbocycles. The molecular weight excluding hydrogens is 131 g/mol. The first-order chi connectivity index (χ1) is 4.86. The first kappa shape index (κ1) is 5.65. The molecule has 0 aromatic carbocycles. The fourth-order valence-corrected chi connectivity index (χ4v) is 1.14. The van der Waals surface area contributed by atoms with Crippen molar-refractivity contribution in [3.63, 3.8) is 0 Å². The molecule has 2 rings (SSSR count). The zero-order valence-corrected chi connectivity index (χ0v) is 5.39. The Kier molecular flexibility index (Phi) is 1.09. The number of nitrogens with zero attached hydrogens (tertiary/aromatic N) is 1. The fourth-order valence-electron chi connectivity index (χ4n) is 1.14. The SMILES string of the molecule is Fc1ccc2c(n1)CCN2. The van der Waals surface area contributed by atoms with Crippen LogP contribution in [0.4, 0.5) is 10.1 Å². The van der Waals surface area contributed by atoms with Gasteiger partial charge < -0.3 is 5.32 Å². The van der Waals surface area contributed by atoms with Crippen molar-refractivity contribution in [2.45, 2.75) is 6.42 Å². The van der Waals surface area contributed by atoms with Gasteiger partial charge in [-0.25, -0.2) is 4.98 Å². The quantitative estimate of drug-likeness (QED) is 0.545. The lowest BCUT2D eigenvalue weighted by Gasteiger charge is -1.95. The molecule has 0 bridgehead atoms. The third-order valence-corrected chi connectivity index (χ3v) is 1.62. The molecule has 0 atom stereocenters. The predicted octanol–water partition coefficient (Wildman–Crippen LogP) is 1.19. The van der Waals surface area contributed by atoms with Gasteiger partial charge in [0, 0.05) is 13.0 Å². The van der Waals surface area contributed by atoms with Gasteiger partial charge in [-0.15, -0.1) is 0 Å². The Balaban J connectivity index is 2.52. The summed E-state index contributed by atoms with van der Waals surface area (Å²) in [6.45, 7) is 0.881. The zero-order chi connectivity index (χ0) is 6.97. The monoisotopic (exact) mass is 138 g/mol. The van der Waals surface area contributed by atoms with E-state index in [2.05, 4.69) is 10.3 Å². The molecule has 1 aromatic rings. The lowest BCUT2D eigenvalue weighted by molar-refractivity contribution is 0.579. The first-order valence-corrected chi connectivity index (χ1v) is 3.25. The summed E-state index contributed by atoms with van der Waals surface area (Å²) < 4.78 is 12.4. The number of hydrogen-bond donors (Lipinski definition) is 1. The van der Waals surface area contributed by atoms with E-state index in [4.69, 9.17) is 0 Å². The molecule has 1 aliphatic rings. The summed E-state index contributed by atoms with van der Waals surface area (Å²) in [4.78, 5) is 3.72. The number of nitrogens with one attached hydrogen (secondary N) is 1. The van der Waals surface area contributed by atoms with E-state index < -0.39 is 0 Å². The molecule has 0 fully saturated rings. The van der Waals surface area contributed by atoms with Crippen molar-refractivity contribution in [1.29, 1.82) is 0 Å². The van der Waals surface area contributed by atoms with Crippen molar-refractivity contribution in [3.8, 4) is 0 Å². The standard InChI is InChI=1S/C7H7FN2/c8-7-2-1-5-6(10-7)3-4-9-5/h1-2,9H,3-4H2. The molecule has 2 heterocycles. The Morgan fingerprint density at radius 2 is 2.40 bits per heavy atom. The summed E-state index contributed by atoms with van der Waals surface area (Å²) in [6, 6.07) is 3.10. The number of fused-ring (bicyclic) bond motifs is 1. The van der Waals surface area contributed by atoms with Gasteiger partial charge in [0.25, 0.3) is 0 Å². The molecule has 0 spiro atoms. The molecule has 3 heteroatoms. The maximum Gasteiger partial charge on any atom is 0.213 e. The van der Waals surface area contributed by atoms with Gasteiger partial charge in [-0.2, -0.15) is 4.39 Å². The maximum absolute atomic E-state index is 12.4. The average molecular weight is 138 g/mol. The highest BCUT2D eigenvalue weighted by Gasteiger charge is 2.10. The van der Waals surface area contributed by atoms with Crippen molar-refractivity contribution >= 4 is 5.69 Å². The minimum absolute atomic E-state index is 0.387. The van der Waals surface area contributed by atoms with Gasteiger partial charge in [0.2, 0.25) is 5.95 Å². The van der Waals surface area contributed by atoms with Crippen LogP contribution in [0, 0.1) is 5.95 Å². The van der Waals surface area contributed by atoms with Gasteiger partial charge in [0.1, 0.15) is 0 Å². The molecule has 0 aliphatic carbocycles. The second kappa shape index (κ2) is 1.94. The van der Waals surface area contributed by atoms with E-state index in [0.717, 1.165) is 24.3 Å². The summed E-state index contributed by atoms with van der Waals surface area (Å²) in [7, 11) is 0. The van der Waals surface area contributed by atoms with Gasteiger partial charge in [0.15, 0.2) is 0 Å². The summed E-state index contributed by atoms with van der Waals surface area (Å²) in [6.07, 6.45) is 0.840. The highest BCUT2D eigenvalue weighted by atomic mass is 19.1. The molecule has 0 unspecified atom stereocenters. The molecule has 0 amide bonds. The van der Waals surface area contributed by atoms with E-state index in [-0.39, 0.29) is 5.95 Å². The molecule has 0 saturated heterocycles. The lowest BCUT2D eigenvalue weighted by atomic mass is 10.3. The molecular formula is C7H7FN2. The van der Waals surface area contributed by atoms with Crippen LogP contribution >= 0.6 is 0 Å². The van der Waals surface area contributed by atoms with E-state index in [0.29, 0.717) is 0 Å². The van der Waals surface area contributed by atoms with Gasteiger partial charge >= 0.3 is 0 Å². The summed E-state index contributed by atoms with van der Waals surface area (Å²) in [5.74, 6) is -0.387. The number of pyridine rings is 1. The van der Waals surface area contributed by atoms with E-state index in [1.54, 1.807) is 6.07 Å². The van der Waals surface area contributed by atoms with Crippen LogP contribution in [0.2, 0.25) is 0 Å². The minimum atomic E-state index is -0.387. The smallest absolute Gasteiger partial charge is 0.213 e. The Morgan fingerprint density at radius 3 is 3.30 bits per heavy atom. The second-order valence-electron chi connectivity index (χ2n) is 2.31. The van der Waals surface area contributed by atoms with Crippen molar-refractivity contribution in [1.82, 2.24) is 4.98 Å². The van der Waals surface area contributed by atoms with Crippen molar-refractivity contribution in [2.75, 3.05) is 11.9 Å². The highest BCUT2D eigenvalue weighted by molar-refractivity contribution is 5.51. The van der Waals surface area contributed by atoms with Crippen molar-refractivity contribution in [3.05, 3.63) is 23.8 Å². The normalized spacial score (nSPS) is 14.5. The van der Waals surface area contributed by atoms with Crippen molar-refractivity contribution in [2.24, 2.45) is 0 Å². The molecule has 1 N–H and O–H groups in total. The topological polar surface area (TPSA) is 24.9 Å². The van der Waals surface area contributed by atoms with Crippen LogP contribution in [0.1, 0.15) is 5.69 Å². The fraction of sp³-hybridized carbons (Fsp3) is 0.286. The number of aromatic nitrogens is 1. The number of anilines is 1. The van der Waals surface area contributed by atoms with Crippen LogP contribution < -0.4 is 5.32 Å². The molecule has 2 nitrogen and oxygen atoms in total. The van der Waals surface area contributed by atoms with E-state index >= 15 is 0 Å². The van der Waals surface area contributed by atoms with Crippen LogP contribution in [0.25, 0.3) is 0 Å². The van der Waals surface area contributed by atoms with Gasteiger partial charge in [0.05, 0.1) is 11.4 Å². The van der Waals surface area contributed by atoms with E-state index in [1.807, 2.05) is 0 Å². The third-order valence-electron chi connectivity index (χ3n) is 1.62. The maximum atomic E-state index is 12.4. The summed E-state index contributed by atoms with van der Waals surface area (Å²) in [5.41, 5.74) is 1.82. The lowest BCUT2D eigenvalue weighted by Crippen LogP contribution is -1.90. The molecule has 0 radical (unpaired) electrons. The van der Waals surface area contributed by atoms with E-state index in [9.17, 15) is 4.39 Å². The van der Waals surface area contributed by atoms with Crippen LogP contribution in [-0.4, -0.2) is 11.5 Å². The van der Waals surface area contributed by atoms with Crippen LogP contribution in [-0.2, 0) is 6.42 Å². The Labute approximate surface area is 58.1 Å². The first-order valence-electron chi connectivity index (χ1n) is 3.25. The predicted molar refractivity (Wildman–Crippen MR) is 36.4 cm³/mol. The molecule has 1 aliphatic heterocycles. The average Bonchev–Trinajstić information content (AvgIpc) is 2.33. The van der Waals surface area contributed by atoms with Gasteiger partial charge in [-0.1, -0.05) is 0 Å². The van der Waals surface area contributed by atoms with Crippen LogP contribution in [0.15, 0.2) is 12.1 Å². The highest BCUT2D eigenvalue weighted by Crippen LogP contribution is 2.18. The third kappa shape index (κ3) is 0.744. The molecule has 52 valence electrons. The van der Waals surface area contributed by atoms with Gasteiger partial charge in [-0.05, 0) is 12.1 Å². The largest absolute Gasteiger partial charge is 0.383 e. The summed E-state index contributed by atoms with van der Waals surface area (Å²) >= 11 is 0. The van der Waals surface area contributed by atoms with Gasteiger partial charge in [-0.3, -0.25) is 0 Å². The van der Waals surface area contributed by atoms with E-state index in [1.165, 1.54) is 6.07 Å². The summed E-state index contributed by atoms with van der Waals surface area (Å²) in [5, 5.41) is 3.10. The van der Waals surface area contributed by atoms with Crippen LogP contribution in [0.5, 0.6) is 0 Å².